The van der Waals surface area contributed by atoms with Crippen LogP contribution < -0.4 is 10.9 Å². The van der Waals surface area contributed by atoms with Crippen LogP contribution in [0.1, 0.15) is 51.0 Å². The molecule has 2 fully saturated rings. The molecular weight excluding hydrogens is 440 g/mol. The summed E-state index contributed by atoms with van der Waals surface area (Å²) in [6.07, 6.45) is 9.82. The molecule has 4 rings (SSSR count). The number of anilines is 1. The van der Waals surface area contributed by atoms with Crippen molar-refractivity contribution in [2.24, 2.45) is 0 Å². The summed E-state index contributed by atoms with van der Waals surface area (Å²) < 4.78 is 28.5. The van der Waals surface area contributed by atoms with E-state index in [0.717, 1.165) is 37.6 Å². The minimum Gasteiger partial charge on any atom is -0.351 e. The highest BCUT2D eigenvalue weighted by atomic mass is 32.2. The number of hydrogen-bond acceptors (Lipinski definition) is 7. The molecule has 1 aliphatic heterocycles. The lowest BCUT2D eigenvalue weighted by Gasteiger charge is -2.30. The Balaban J connectivity index is 1.41. The van der Waals surface area contributed by atoms with Gasteiger partial charge in [-0.15, -0.1) is 0 Å². The van der Waals surface area contributed by atoms with Gasteiger partial charge in [-0.1, -0.05) is 18.9 Å². The molecule has 0 aromatic carbocycles. The van der Waals surface area contributed by atoms with E-state index in [2.05, 4.69) is 10.3 Å². The number of nitrogens with zero attached hydrogens (tertiary/aromatic N) is 5. The van der Waals surface area contributed by atoms with E-state index in [0.29, 0.717) is 43.9 Å². The summed E-state index contributed by atoms with van der Waals surface area (Å²) in [5, 5.41) is 5.55. The van der Waals surface area contributed by atoms with Crippen LogP contribution >= 0.6 is 0 Å². The fourth-order valence-electron chi connectivity index (χ4n) is 4.67. The zero-order chi connectivity index (χ0) is 23.4. The maximum Gasteiger partial charge on any atom is 0.252 e. The number of rotatable bonds is 8. The zero-order valence-corrected chi connectivity index (χ0v) is 20.3. The van der Waals surface area contributed by atoms with Crippen molar-refractivity contribution >= 4 is 27.0 Å². The smallest absolute Gasteiger partial charge is 0.252 e. The maximum absolute atomic E-state index is 12.6. The molecular formula is C23H34N6O3S. The van der Waals surface area contributed by atoms with Gasteiger partial charge in [-0.3, -0.25) is 9.36 Å². The van der Waals surface area contributed by atoms with Crippen LogP contribution in [0, 0.1) is 0 Å². The van der Waals surface area contributed by atoms with Crippen molar-refractivity contribution in [3.63, 3.8) is 0 Å². The van der Waals surface area contributed by atoms with Crippen LogP contribution in [0.2, 0.25) is 0 Å². The quantitative estimate of drug-likeness (QED) is 0.628. The first-order valence-electron chi connectivity index (χ1n) is 11.8. The first-order chi connectivity index (χ1) is 15.8. The monoisotopic (exact) mass is 474 g/mol. The summed E-state index contributed by atoms with van der Waals surface area (Å²) in [4.78, 5) is 23.8. The molecule has 1 N–H and O–H groups in total. The molecule has 3 heterocycles. The summed E-state index contributed by atoms with van der Waals surface area (Å²) in [5.74, 6) is 0.490. The second-order valence-electron chi connectivity index (χ2n) is 9.28. The number of piperidine rings is 1. The zero-order valence-electron chi connectivity index (χ0n) is 19.5. The molecule has 2 aromatic heterocycles. The standard InChI is InChI=1S/C23H34N6O3S/c1-27(2)13-5-6-16-33(31,32)28-14-11-19(12-15-28)25-23-24-17-18-9-10-21(30)29(22(18)26-23)20-7-3-4-8-20/h6,9-10,16-17,19-20H,3-5,7-8,11-15H2,1-2H3,(H,24,25,26)/b16-6+. The third-order valence-electron chi connectivity index (χ3n) is 6.52. The van der Waals surface area contributed by atoms with Gasteiger partial charge in [0.1, 0.15) is 5.65 Å². The van der Waals surface area contributed by atoms with E-state index < -0.39 is 10.0 Å². The maximum atomic E-state index is 12.6. The molecule has 0 unspecified atom stereocenters. The van der Waals surface area contributed by atoms with Crippen LogP contribution in [-0.2, 0) is 10.0 Å². The van der Waals surface area contributed by atoms with Crippen molar-refractivity contribution in [1.82, 2.24) is 23.7 Å². The van der Waals surface area contributed by atoms with Crippen molar-refractivity contribution < 1.29 is 8.42 Å². The van der Waals surface area contributed by atoms with E-state index in [4.69, 9.17) is 4.98 Å². The predicted molar refractivity (Wildman–Crippen MR) is 131 cm³/mol. The normalized spacial score (nSPS) is 19.2. The van der Waals surface area contributed by atoms with Crippen molar-refractivity contribution in [2.45, 2.75) is 57.0 Å². The van der Waals surface area contributed by atoms with Gasteiger partial charge in [0.25, 0.3) is 5.56 Å². The van der Waals surface area contributed by atoms with Gasteiger partial charge < -0.3 is 10.2 Å². The number of nitrogens with one attached hydrogen (secondary N) is 1. The van der Waals surface area contributed by atoms with Gasteiger partial charge in [0.05, 0.1) is 0 Å². The minimum absolute atomic E-state index is 0.0174. The molecule has 2 aromatic rings. The van der Waals surface area contributed by atoms with Gasteiger partial charge in [0.15, 0.2) is 0 Å². The Bertz CT molecular complexity index is 1150. The van der Waals surface area contributed by atoms with Gasteiger partial charge in [0.2, 0.25) is 16.0 Å². The molecule has 0 spiro atoms. The topological polar surface area (TPSA) is 100 Å². The summed E-state index contributed by atoms with van der Waals surface area (Å²) in [6.45, 7) is 1.73. The summed E-state index contributed by atoms with van der Waals surface area (Å²) in [6, 6.07) is 3.66. The number of hydrogen-bond donors (Lipinski definition) is 1. The van der Waals surface area contributed by atoms with Crippen molar-refractivity contribution in [3.8, 4) is 0 Å². The van der Waals surface area contributed by atoms with E-state index in [9.17, 15) is 13.2 Å². The second kappa shape index (κ2) is 10.3. The van der Waals surface area contributed by atoms with E-state index in [1.54, 1.807) is 24.4 Å². The van der Waals surface area contributed by atoms with E-state index in [1.807, 2.05) is 23.6 Å². The summed E-state index contributed by atoms with van der Waals surface area (Å²) in [7, 11) is 0.542. The molecule has 180 valence electrons. The van der Waals surface area contributed by atoms with Crippen LogP contribution in [0.15, 0.2) is 34.6 Å². The fourth-order valence-corrected chi connectivity index (χ4v) is 5.94. The Labute approximate surface area is 195 Å². The van der Waals surface area contributed by atoms with Gasteiger partial charge >= 0.3 is 0 Å². The lowest BCUT2D eigenvalue weighted by Crippen LogP contribution is -2.41. The van der Waals surface area contributed by atoms with Crippen LogP contribution in [0.3, 0.4) is 0 Å². The summed E-state index contributed by atoms with van der Waals surface area (Å²) in [5.41, 5.74) is 0.658. The van der Waals surface area contributed by atoms with Crippen molar-refractivity contribution in [2.75, 3.05) is 39.0 Å². The molecule has 0 radical (unpaired) electrons. The lowest BCUT2D eigenvalue weighted by atomic mass is 10.1. The Kier molecular flexibility index (Phi) is 7.45. The Morgan fingerprint density at radius 3 is 2.58 bits per heavy atom. The molecule has 0 atom stereocenters. The fraction of sp³-hybridized carbons (Fsp3) is 0.609. The third-order valence-corrected chi connectivity index (χ3v) is 8.14. The molecule has 1 aliphatic carbocycles. The third kappa shape index (κ3) is 5.80. The predicted octanol–water partition coefficient (Wildman–Crippen LogP) is 2.58. The van der Waals surface area contributed by atoms with Gasteiger partial charge in [0, 0.05) is 54.8 Å². The van der Waals surface area contributed by atoms with Crippen molar-refractivity contribution in [3.05, 3.63) is 40.2 Å². The highest BCUT2D eigenvalue weighted by molar-refractivity contribution is 7.92. The number of aromatic nitrogens is 3. The first kappa shape index (κ1) is 23.8. The molecule has 9 nitrogen and oxygen atoms in total. The Hall–Kier alpha value is -2.30. The van der Waals surface area contributed by atoms with Crippen LogP contribution in [0.5, 0.6) is 0 Å². The van der Waals surface area contributed by atoms with E-state index in [-0.39, 0.29) is 17.6 Å². The van der Waals surface area contributed by atoms with E-state index in [1.165, 1.54) is 9.71 Å². The SMILES string of the molecule is CN(C)CC/C=C/S(=O)(=O)N1CCC(Nc2ncc3ccc(=O)n(C4CCCC4)c3n2)CC1. The first-order valence-corrected chi connectivity index (χ1v) is 13.3. The Morgan fingerprint density at radius 2 is 1.88 bits per heavy atom. The summed E-state index contributed by atoms with van der Waals surface area (Å²) >= 11 is 0. The minimum atomic E-state index is -3.39. The molecule has 1 saturated heterocycles. The number of sulfonamides is 1. The highest BCUT2D eigenvalue weighted by Gasteiger charge is 2.27. The van der Waals surface area contributed by atoms with Gasteiger partial charge in [-0.25, -0.2) is 13.4 Å². The molecule has 0 bridgehead atoms. The molecule has 10 heteroatoms. The molecule has 33 heavy (non-hydrogen) atoms. The van der Waals surface area contributed by atoms with Crippen LogP contribution in [0.4, 0.5) is 5.95 Å². The largest absolute Gasteiger partial charge is 0.351 e. The van der Waals surface area contributed by atoms with Crippen LogP contribution in [-0.4, -0.2) is 71.9 Å². The average Bonchev–Trinajstić information content (AvgIpc) is 3.31. The molecule has 1 saturated carbocycles. The Morgan fingerprint density at radius 1 is 1.15 bits per heavy atom. The number of pyridine rings is 1. The highest BCUT2D eigenvalue weighted by Crippen LogP contribution is 2.30. The molecule has 0 amide bonds. The van der Waals surface area contributed by atoms with E-state index >= 15 is 0 Å². The second-order valence-corrected chi connectivity index (χ2v) is 11.1. The van der Waals surface area contributed by atoms with Crippen molar-refractivity contribution in [1.29, 1.82) is 0 Å². The average molecular weight is 475 g/mol. The van der Waals surface area contributed by atoms with Crippen LogP contribution in [0.25, 0.3) is 11.0 Å². The lowest BCUT2D eigenvalue weighted by molar-refractivity contribution is 0.332. The number of fused-ring (bicyclic) bond motifs is 1. The van der Waals surface area contributed by atoms with Gasteiger partial charge in [-0.2, -0.15) is 9.29 Å². The van der Waals surface area contributed by atoms with Gasteiger partial charge in [-0.05, 0) is 52.3 Å². The molecule has 2 aliphatic rings.